The summed E-state index contributed by atoms with van der Waals surface area (Å²) >= 11 is 0. The van der Waals surface area contributed by atoms with Crippen LogP contribution in [0.2, 0.25) is 0 Å². The lowest BCUT2D eigenvalue weighted by Gasteiger charge is -2.31. The van der Waals surface area contributed by atoms with Gasteiger partial charge in [0.1, 0.15) is 23.8 Å². The van der Waals surface area contributed by atoms with Crippen molar-refractivity contribution >= 4 is 11.5 Å². The summed E-state index contributed by atoms with van der Waals surface area (Å²) in [7, 11) is 8.04. The second kappa shape index (κ2) is 15.5. The van der Waals surface area contributed by atoms with Gasteiger partial charge in [-0.3, -0.25) is 0 Å². The highest BCUT2D eigenvalue weighted by Gasteiger charge is 2.41. The molecule has 0 saturated carbocycles. The zero-order chi connectivity index (χ0) is 34.3. The van der Waals surface area contributed by atoms with Crippen molar-refractivity contribution < 1.29 is 23.0 Å². The third kappa shape index (κ3) is 8.06. The van der Waals surface area contributed by atoms with E-state index in [0.717, 1.165) is 59.3 Å². The van der Waals surface area contributed by atoms with Gasteiger partial charge in [0.05, 0.1) is 23.8 Å². The first-order valence-electron chi connectivity index (χ1n) is 16.1. The molecule has 0 aromatic heterocycles. The number of hydrogen-bond donors (Lipinski definition) is 0. The quantitative estimate of drug-likeness (QED) is 0.138. The Hall–Kier alpha value is -4.68. The molecule has 6 nitrogen and oxygen atoms in total. The third-order valence-corrected chi connectivity index (χ3v) is 8.66. The number of esters is 1. The minimum absolute atomic E-state index is 0.0620. The molecule has 4 aromatic rings. The van der Waals surface area contributed by atoms with E-state index in [1.54, 1.807) is 42.5 Å². The van der Waals surface area contributed by atoms with Gasteiger partial charge in [-0.2, -0.15) is 5.26 Å². The maximum absolute atomic E-state index is 13.9. The first-order valence-corrected chi connectivity index (χ1v) is 16.1. The number of hydrogen-bond acceptors (Lipinski definition) is 6. The summed E-state index contributed by atoms with van der Waals surface area (Å²) in [4.78, 5) is 17.7. The highest BCUT2D eigenvalue weighted by atomic mass is 19.1. The first kappa shape index (κ1) is 34.6. The number of nitrogens with zero attached hydrogens (tertiary/aromatic N) is 3. The van der Waals surface area contributed by atoms with Gasteiger partial charge in [0, 0.05) is 6.54 Å². The van der Waals surface area contributed by atoms with Gasteiger partial charge in [-0.05, 0) is 141 Å². The summed E-state index contributed by atoms with van der Waals surface area (Å²) in [6, 6.07) is 25.7. The molecule has 48 heavy (non-hydrogen) atoms. The Morgan fingerprint density at radius 3 is 2.23 bits per heavy atom. The average molecular weight is 650 g/mol. The van der Waals surface area contributed by atoms with E-state index >= 15 is 0 Å². The first-order chi connectivity index (χ1) is 23.1. The van der Waals surface area contributed by atoms with Gasteiger partial charge in [-0.15, -0.1) is 0 Å². The molecule has 0 amide bonds. The zero-order valence-electron chi connectivity index (χ0n) is 27.9. The van der Waals surface area contributed by atoms with Crippen LogP contribution in [0.4, 0.5) is 8.78 Å². The number of carbonyl (C=O) groups excluding carboxylic acids is 1. The summed E-state index contributed by atoms with van der Waals surface area (Å²) in [5.74, 6) is -1.14. The lowest BCUT2D eigenvalue weighted by Crippen LogP contribution is -2.28. The maximum atomic E-state index is 13.9. The standard InChI is InChI=1S/C40H41F2N3O3/c1-44(2)21-5-7-36(29-9-14-34(41)15-10-29)37-18-8-28(25-43)23-31(37)26-47-39(46)30-11-19-38-32(24-30)27-48-40(38,20-6-22-45(3)4)33-12-16-35(42)17-13-33/h7-19,23-24H,5-6,20-22,26-27H2,1-4H3. The molecule has 1 aliphatic heterocycles. The predicted molar refractivity (Wildman–Crippen MR) is 183 cm³/mol. The van der Waals surface area contributed by atoms with Crippen molar-refractivity contribution in [3.8, 4) is 6.07 Å². The molecule has 0 N–H and O–H groups in total. The van der Waals surface area contributed by atoms with Crippen LogP contribution in [0.25, 0.3) is 5.57 Å². The molecular formula is C40H41F2N3O3. The summed E-state index contributed by atoms with van der Waals surface area (Å²) < 4.78 is 40.0. The molecule has 1 heterocycles. The van der Waals surface area contributed by atoms with Crippen molar-refractivity contribution in [1.82, 2.24) is 9.80 Å². The van der Waals surface area contributed by atoms with E-state index in [9.17, 15) is 18.8 Å². The van der Waals surface area contributed by atoms with Crippen LogP contribution in [-0.4, -0.2) is 57.0 Å². The van der Waals surface area contributed by atoms with Gasteiger partial charge in [-0.1, -0.05) is 42.5 Å². The molecule has 0 saturated heterocycles. The molecule has 0 bridgehead atoms. The molecule has 4 aromatic carbocycles. The van der Waals surface area contributed by atoms with E-state index in [0.29, 0.717) is 29.7 Å². The molecule has 0 radical (unpaired) electrons. The average Bonchev–Trinajstić information content (AvgIpc) is 3.44. The topological polar surface area (TPSA) is 65.8 Å². The smallest absolute Gasteiger partial charge is 0.338 e. The Bertz CT molecular complexity index is 1810. The van der Waals surface area contributed by atoms with E-state index < -0.39 is 11.6 Å². The van der Waals surface area contributed by atoms with Crippen LogP contribution in [0.5, 0.6) is 0 Å². The van der Waals surface area contributed by atoms with Gasteiger partial charge >= 0.3 is 5.97 Å². The van der Waals surface area contributed by atoms with E-state index in [1.165, 1.54) is 24.3 Å². The van der Waals surface area contributed by atoms with Crippen molar-refractivity contribution in [3.05, 3.63) is 147 Å². The second-order valence-corrected chi connectivity index (χ2v) is 12.7. The summed E-state index contributed by atoms with van der Waals surface area (Å²) in [5, 5.41) is 9.65. The van der Waals surface area contributed by atoms with Crippen molar-refractivity contribution in [2.45, 2.75) is 38.1 Å². The molecule has 0 spiro atoms. The minimum atomic E-state index is -0.746. The Morgan fingerprint density at radius 2 is 1.56 bits per heavy atom. The fourth-order valence-electron chi connectivity index (χ4n) is 6.22. The Kier molecular flexibility index (Phi) is 11.2. The van der Waals surface area contributed by atoms with Crippen LogP contribution in [0.15, 0.2) is 91.0 Å². The molecule has 248 valence electrons. The van der Waals surface area contributed by atoms with Crippen LogP contribution in [0.1, 0.15) is 68.6 Å². The number of halogens is 2. The minimum Gasteiger partial charge on any atom is -0.457 e. The van der Waals surface area contributed by atoms with Crippen LogP contribution in [0, 0.1) is 23.0 Å². The molecule has 0 fully saturated rings. The maximum Gasteiger partial charge on any atom is 0.338 e. The summed E-state index contributed by atoms with van der Waals surface area (Å²) in [5.41, 5.74) is 5.96. The van der Waals surface area contributed by atoms with Crippen molar-refractivity contribution in [3.63, 3.8) is 0 Å². The van der Waals surface area contributed by atoms with Crippen LogP contribution < -0.4 is 0 Å². The van der Waals surface area contributed by atoms with Gasteiger partial charge in [0.15, 0.2) is 0 Å². The van der Waals surface area contributed by atoms with Crippen molar-refractivity contribution in [2.24, 2.45) is 0 Å². The summed E-state index contributed by atoms with van der Waals surface area (Å²) in [6.07, 6.45) is 4.39. The van der Waals surface area contributed by atoms with Gasteiger partial charge in [0.25, 0.3) is 0 Å². The number of ether oxygens (including phenoxy) is 2. The SMILES string of the molecule is CN(C)CCC=C(c1ccc(F)cc1)c1ccc(C#N)cc1COC(=O)c1ccc2c(c1)COC2(CCCN(C)C)c1ccc(F)cc1. The zero-order valence-corrected chi connectivity index (χ0v) is 27.9. The highest BCUT2D eigenvalue weighted by molar-refractivity contribution is 5.90. The summed E-state index contributed by atoms with van der Waals surface area (Å²) in [6.45, 7) is 1.93. The van der Waals surface area contributed by atoms with E-state index in [-0.39, 0.29) is 18.2 Å². The van der Waals surface area contributed by atoms with Gasteiger partial charge in [0.2, 0.25) is 0 Å². The molecule has 0 aliphatic carbocycles. The predicted octanol–water partition coefficient (Wildman–Crippen LogP) is 7.69. The number of rotatable bonds is 13. The Morgan fingerprint density at radius 1 is 0.896 bits per heavy atom. The van der Waals surface area contributed by atoms with Crippen molar-refractivity contribution in [1.29, 1.82) is 5.26 Å². The third-order valence-electron chi connectivity index (χ3n) is 8.66. The van der Waals surface area contributed by atoms with Gasteiger partial charge in [-0.25, -0.2) is 13.6 Å². The van der Waals surface area contributed by atoms with E-state index in [4.69, 9.17) is 9.47 Å². The lowest BCUT2D eigenvalue weighted by molar-refractivity contribution is -0.0140. The number of nitriles is 1. The normalized spacial score (nSPS) is 15.9. The molecule has 8 heteroatoms. The van der Waals surface area contributed by atoms with Crippen LogP contribution >= 0.6 is 0 Å². The highest BCUT2D eigenvalue weighted by Crippen LogP contribution is 2.45. The fourth-order valence-corrected chi connectivity index (χ4v) is 6.22. The lowest BCUT2D eigenvalue weighted by atomic mass is 9.81. The van der Waals surface area contributed by atoms with Crippen LogP contribution in [0.3, 0.4) is 0 Å². The Labute approximate surface area is 281 Å². The Balaban J connectivity index is 1.41. The second-order valence-electron chi connectivity index (χ2n) is 12.7. The monoisotopic (exact) mass is 649 g/mol. The molecule has 1 unspecified atom stereocenters. The van der Waals surface area contributed by atoms with Gasteiger partial charge < -0.3 is 19.3 Å². The van der Waals surface area contributed by atoms with E-state index in [2.05, 4.69) is 21.9 Å². The molecular weight excluding hydrogens is 608 g/mol. The largest absolute Gasteiger partial charge is 0.457 e. The molecule has 1 aliphatic rings. The van der Waals surface area contributed by atoms with Crippen molar-refractivity contribution in [2.75, 3.05) is 41.3 Å². The number of carbonyl (C=O) groups is 1. The van der Waals surface area contributed by atoms with Crippen LogP contribution in [-0.2, 0) is 28.3 Å². The fraction of sp³-hybridized carbons (Fsp3) is 0.300. The number of benzene rings is 4. The van der Waals surface area contributed by atoms with E-state index in [1.807, 2.05) is 46.4 Å². The molecule has 1 atom stereocenters. The number of fused-ring (bicyclic) bond motifs is 1. The molecule has 5 rings (SSSR count).